The smallest absolute Gasteiger partial charge is 0.191 e. The number of aryl methyl sites for hydroxylation is 2. The fourth-order valence-electron chi connectivity index (χ4n) is 6.34. The quantitative estimate of drug-likeness (QED) is 0.240. The highest BCUT2D eigenvalue weighted by molar-refractivity contribution is 8.00. The van der Waals surface area contributed by atoms with Crippen LogP contribution in [0.25, 0.3) is 11.8 Å². The molecule has 6 rings (SSSR count). The maximum Gasteiger partial charge on any atom is 0.191 e. The van der Waals surface area contributed by atoms with E-state index in [0.29, 0.717) is 29.9 Å². The van der Waals surface area contributed by atoms with Gasteiger partial charge in [-0.3, -0.25) is 18.7 Å². The Bertz CT molecular complexity index is 1750. The zero-order chi connectivity index (χ0) is 28.2. The maximum absolute atomic E-state index is 14.5. The molecule has 0 spiro atoms. The van der Waals surface area contributed by atoms with Crippen LogP contribution in [0.3, 0.4) is 0 Å². The summed E-state index contributed by atoms with van der Waals surface area (Å²) in [4.78, 5) is 19.6. The van der Waals surface area contributed by atoms with E-state index in [-0.39, 0.29) is 22.8 Å². The first-order valence-electron chi connectivity index (χ1n) is 13.4. The first-order chi connectivity index (χ1) is 19.1. The summed E-state index contributed by atoms with van der Waals surface area (Å²) in [6.07, 6.45) is 11.5. The summed E-state index contributed by atoms with van der Waals surface area (Å²) in [5.41, 5.74) is 4.24. The molecule has 7 nitrogen and oxygen atoms in total. The van der Waals surface area contributed by atoms with Gasteiger partial charge in [0.2, 0.25) is 0 Å². The highest BCUT2D eigenvalue weighted by Crippen LogP contribution is 2.53. The van der Waals surface area contributed by atoms with E-state index in [4.69, 9.17) is 0 Å². The van der Waals surface area contributed by atoms with E-state index < -0.39 is 14.9 Å². The van der Waals surface area contributed by atoms with Crippen LogP contribution >= 0.6 is 0 Å². The number of pyridine rings is 1. The molecule has 3 aromatic heterocycles. The van der Waals surface area contributed by atoms with Gasteiger partial charge in [-0.1, -0.05) is 12.5 Å². The number of carbonyl (C=O) groups is 1. The molecule has 2 aliphatic carbocycles. The molecule has 2 aliphatic rings. The molecule has 1 aromatic carbocycles. The van der Waals surface area contributed by atoms with Gasteiger partial charge in [0.25, 0.3) is 0 Å². The van der Waals surface area contributed by atoms with Crippen LogP contribution in [0.15, 0.2) is 71.7 Å². The van der Waals surface area contributed by atoms with Gasteiger partial charge in [-0.25, -0.2) is 9.07 Å². The van der Waals surface area contributed by atoms with Gasteiger partial charge in [0.1, 0.15) is 11.5 Å². The molecule has 0 amide bonds. The zero-order valence-corrected chi connectivity index (χ0v) is 23.7. The predicted molar refractivity (Wildman–Crippen MR) is 154 cm³/mol. The second-order valence-electron chi connectivity index (χ2n) is 11.2. The number of rotatable bonds is 6. The van der Waals surface area contributed by atoms with Gasteiger partial charge in [-0.05, 0) is 98.0 Å². The molecule has 4 atom stereocenters. The lowest BCUT2D eigenvalue weighted by molar-refractivity contribution is 0.0754. The topological polar surface area (TPSA) is 82.7 Å². The number of hydrogen-bond acceptors (Lipinski definition) is 5. The molecule has 1 saturated carbocycles. The van der Waals surface area contributed by atoms with Crippen LogP contribution in [0.5, 0.6) is 0 Å². The second-order valence-corrected chi connectivity index (χ2v) is 13.9. The van der Waals surface area contributed by atoms with Crippen molar-refractivity contribution in [3.05, 3.63) is 95.1 Å². The molecule has 206 valence electrons. The van der Waals surface area contributed by atoms with E-state index >= 15 is 0 Å². The third-order valence-electron chi connectivity index (χ3n) is 8.70. The Morgan fingerprint density at radius 2 is 1.98 bits per heavy atom. The van der Waals surface area contributed by atoms with Crippen molar-refractivity contribution in [2.75, 3.05) is 0 Å². The van der Waals surface area contributed by atoms with E-state index in [1.54, 1.807) is 53.3 Å². The summed E-state index contributed by atoms with van der Waals surface area (Å²) >= 11 is 0. The minimum Gasteiger partial charge on any atom is -0.291 e. The normalized spacial score (nSPS) is 22.5. The van der Waals surface area contributed by atoms with Gasteiger partial charge < -0.3 is 0 Å². The lowest BCUT2D eigenvalue weighted by atomic mass is 9.58. The standard InChI is InChI=1S/C31H32FN5O2S/c1-20-11-12-33-28(13-20)30(38)31-15-22(21(2)40(4,39)27-18-34-36(3)19-27)5-6-24(31)14-29-23(16-31)17-35-37(29)26-9-7-25(32)8-10-26/h7-14,17-19,21-22H,4-6,15-16H2,1-3H3/t21?,22-,31+,40?/m0/s1. The third-order valence-corrected chi connectivity index (χ3v) is 11.3. The minimum atomic E-state index is -2.65. The Morgan fingerprint density at radius 3 is 2.67 bits per heavy atom. The average Bonchev–Trinajstić information content (AvgIpc) is 3.57. The van der Waals surface area contributed by atoms with Crippen molar-refractivity contribution in [2.24, 2.45) is 18.4 Å². The van der Waals surface area contributed by atoms with Gasteiger partial charge in [0, 0.05) is 34.2 Å². The van der Waals surface area contributed by atoms with Crippen molar-refractivity contribution >= 4 is 27.3 Å². The van der Waals surface area contributed by atoms with E-state index in [2.05, 4.69) is 27.1 Å². The van der Waals surface area contributed by atoms with Crippen LogP contribution < -0.4 is 0 Å². The molecule has 4 aromatic rings. The number of ketones is 1. The van der Waals surface area contributed by atoms with Gasteiger partial charge in [0.15, 0.2) is 5.78 Å². The molecule has 2 unspecified atom stereocenters. The molecule has 0 radical (unpaired) electrons. The van der Waals surface area contributed by atoms with Gasteiger partial charge in [-0.2, -0.15) is 10.2 Å². The van der Waals surface area contributed by atoms with Crippen LogP contribution in [0.2, 0.25) is 0 Å². The van der Waals surface area contributed by atoms with Crippen molar-refractivity contribution in [1.29, 1.82) is 0 Å². The predicted octanol–water partition coefficient (Wildman–Crippen LogP) is 5.22. The van der Waals surface area contributed by atoms with Crippen LogP contribution in [-0.4, -0.2) is 45.7 Å². The number of allylic oxidation sites excluding steroid dienone is 1. The van der Waals surface area contributed by atoms with E-state index in [9.17, 15) is 13.4 Å². The zero-order valence-electron chi connectivity index (χ0n) is 22.9. The van der Waals surface area contributed by atoms with Crippen molar-refractivity contribution in [3.8, 4) is 5.69 Å². The van der Waals surface area contributed by atoms with E-state index in [1.807, 2.05) is 26.0 Å². The maximum atomic E-state index is 14.5. The summed E-state index contributed by atoms with van der Waals surface area (Å²) in [6, 6.07) is 9.97. The van der Waals surface area contributed by atoms with Gasteiger partial charge in [0.05, 0.1) is 34.1 Å². The molecular formula is C31H32FN5O2S. The number of Topliss-reactive ketones (excluding diaryl/α,β-unsaturated/α-hetero) is 1. The van der Waals surface area contributed by atoms with Crippen LogP contribution in [0.4, 0.5) is 4.39 Å². The van der Waals surface area contributed by atoms with Crippen LogP contribution in [-0.2, 0) is 23.0 Å². The van der Waals surface area contributed by atoms with Crippen LogP contribution in [0.1, 0.15) is 53.5 Å². The summed E-state index contributed by atoms with van der Waals surface area (Å²) < 4.78 is 31.1. The Morgan fingerprint density at radius 1 is 1.20 bits per heavy atom. The number of carbonyl (C=O) groups excluding carboxylic acids is 1. The van der Waals surface area contributed by atoms with Crippen molar-refractivity contribution < 1.29 is 13.4 Å². The monoisotopic (exact) mass is 557 g/mol. The Hall–Kier alpha value is -3.85. The fraction of sp³-hybridized carbons (Fsp3) is 0.323. The van der Waals surface area contributed by atoms with Gasteiger partial charge in [-0.15, -0.1) is 0 Å². The Kier molecular flexibility index (Phi) is 6.37. The number of hydrogen-bond donors (Lipinski definition) is 0. The highest BCUT2D eigenvalue weighted by atomic mass is 32.2. The SMILES string of the molecule is C=S(=O)(c1cnn(C)c1)C(C)[C@H]1CCC2=Cc3c(cnn3-c3ccc(F)cc3)C[C@]2(C(=O)c2cc(C)ccn2)C1. The number of halogens is 1. The summed E-state index contributed by atoms with van der Waals surface area (Å²) in [7, 11) is -0.851. The highest BCUT2D eigenvalue weighted by Gasteiger charge is 2.51. The molecule has 0 bridgehead atoms. The van der Waals surface area contributed by atoms with E-state index in [1.165, 1.54) is 12.1 Å². The lowest BCUT2D eigenvalue weighted by Gasteiger charge is -2.45. The molecule has 3 heterocycles. The number of fused-ring (bicyclic) bond motifs is 2. The summed E-state index contributed by atoms with van der Waals surface area (Å²) in [6.45, 7) is 3.95. The van der Waals surface area contributed by atoms with E-state index in [0.717, 1.165) is 34.5 Å². The number of nitrogens with zero attached hydrogens (tertiary/aromatic N) is 5. The minimum absolute atomic E-state index is 0.00445. The summed E-state index contributed by atoms with van der Waals surface area (Å²) in [5, 5.41) is 8.59. The average molecular weight is 558 g/mol. The first kappa shape index (κ1) is 26.4. The fourth-order valence-corrected chi connectivity index (χ4v) is 8.18. The van der Waals surface area contributed by atoms with Crippen molar-refractivity contribution in [3.63, 3.8) is 0 Å². The Balaban J connectivity index is 1.43. The second kappa shape index (κ2) is 9.66. The van der Waals surface area contributed by atoms with Crippen molar-refractivity contribution in [2.45, 2.75) is 49.7 Å². The first-order valence-corrected chi connectivity index (χ1v) is 15.2. The number of benzene rings is 1. The number of aromatic nitrogens is 5. The molecule has 40 heavy (non-hydrogen) atoms. The summed E-state index contributed by atoms with van der Waals surface area (Å²) in [5.74, 6) is 3.85. The molecule has 9 heteroatoms. The largest absolute Gasteiger partial charge is 0.291 e. The Labute approximate surface area is 233 Å². The van der Waals surface area contributed by atoms with Gasteiger partial charge >= 0.3 is 0 Å². The molecule has 0 aliphatic heterocycles. The van der Waals surface area contributed by atoms with Crippen LogP contribution in [0, 0.1) is 24.1 Å². The molecule has 0 saturated heterocycles. The molecule has 1 fully saturated rings. The molecule has 0 N–H and O–H groups in total. The molecular weight excluding hydrogens is 525 g/mol. The lowest BCUT2D eigenvalue weighted by Crippen LogP contribution is -2.45. The van der Waals surface area contributed by atoms with Crippen molar-refractivity contribution in [1.82, 2.24) is 24.5 Å². The third kappa shape index (κ3) is 4.33.